The van der Waals surface area contributed by atoms with Crippen LogP contribution in [0, 0.1) is 5.92 Å². The first-order chi connectivity index (χ1) is 12.5. The molecule has 0 aliphatic carbocycles. The predicted molar refractivity (Wildman–Crippen MR) is 105 cm³/mol. The van der Waals surface area contributed by atoms with Crippen molar-refractivity contribution in [3.63, 3.8) is 0 Å². The maximum atomic E-state index is 11.8. The monoisotopic (exact) mass is 381 g/mol. The Bertz CT molecular complexity index is 687. The third-order valence-corrected chi connectivity index (χ3v) is 6.61. The van der Waals surface area contributed by atoms with E-state index in [4.69, 9.17) is 4.74 Å². The Kier molecular flexibility index (Phi) is 6.42. The molecule has 2 heterocycles. The van der Waals surface area contributed by atoms with Gasteiger partial charge in [-0.1, -0.05) is 12.1 Å². The summed E-state index contributed by atoms with van der Waals surface area (Å²) >= 11 is 0. The molecule has 2 saturated heterocycles. The van der Waals surface area contributed by atoms with Gasteiger partial charge in [0.05, 0.1) is 18.6 Å². The average molecular weight is 382 g/mol. The van der Waals surface area contributed by atoms with E-state index in [1.165, 1.54) is 11.9 Å². The normalized spacial score (nSPS) is 23.2. The number of ether oxygens (including phenoxy) is 1. The van der Waals surface area contributed by atoms with E-state index in [1.807, 2.05) is 19.1 Å². The van der Waals surface area contributed by atoms with E-state index in [1.54, 1.807) is 4.31 Å². The molecule has 0 amide bonds. The molecule has 1 aromatic carbocycles. The maximum Gasteiger partial charge on any atom is 0.211 e. The number of rotatable bonds is 6. The van der Waals surface area contributed by atoms with Crippen LogP contribution in [0.1, 0.15) is 19.8 Å². The highest BCUT2D eigenvalue weighted by molar-refractivity contribution is 7.88. The molecule has 1 unspecified atom stereocenters. The SMILES string of the molecule is CCOc1ccccc1N1CCN(CC2CCCN(S(C)(=O)=O)C2)CC1. The molecule has 0 bridgehead atoms. The number of hydrogen-bond donors (Lipinski definition) is 0. The second-order valence-electron chi connectivity index (χ2n) is 7.32. The van der Waals surface area contributed by atoms with Crippen molar-refractivity contribution in [2.24, 2.45) is 5.92 Å². The van der Waals surface area contributed by atoms with Crippen molar-refractivity contribution < 1.29 is 13.2 Å². The van der Waals surface area contributed by atoms with Crippen molar-refractivity contribution in [3.8, 4) is 5.75 Å². The van der Waals surface area contributed by atoms with E-state index in [-0.39, 0.29) is 0 Å². The Morgan fingerprint density at radius 2 is 1.85 bits per heavy atom. The smallest absolute Gasteiger partial charge is 0.211 e. The van der Waals surface area contributed by atoms with Crippen LogP contribution in [0.25, 0.3) is 0 Å². The number of nitrogens with zero attached hydrogens (tertiary/aromatic N) is 3. The molecule has 3 rings (SSSR count). The van der Waals surface area contributed by atoms with Crippen LogP contribution in [0.2, 0.25) is 0 Å². The average Bonchev–Trinajstić information content (AvgIpc) is 2.63. The predicted octanol–water partition coefficient (Wildman–Crippen LogP) is 1.88. The number of piperidine rings is 1. The molecule has 2 fully saturated rings. The van der Waals surface area contributed by atoms with Crippen molar-refractivity contribution in [1.29, 1.82) is 0 Å². The van der Waals surface area contributed by atoms with Gasteiger partial charge in [0, 0.05) is 45.8 Å². The number of anilines is 1. The first-order valence-corrected chi connectivity index (χ1v) is 11.5. The largest absolute Gasteiger partial charge is 0.492 e. The molecule has 146 valence electrons. The van der Waals surface area contributed by atoms with E-state index in [9.17, 15) is 8.42 Å². The Morgan fingerprint density at radius 3 is 2.54 bits per heavy atom. The zero-order valence-corrected chi connectivity index (χ0v) is 16.7. The van der Waals surface area contributed by atoms with Crippen molar-refractivity contribution in [1.82, 2.24) is 9.21 Å². The van der Waals surface area contributed by atoms with Gasteiger partial charge in [0.15, 0.2) is 0 Å². The van der Waals surface area contributed by atoms with Crippen molar-refractivity contribution in [2.45, 2.75) is 19.8 Å². The molecule has 0 saturated carbocycles. The van der Waals surface area contributed by atoms with Gasteiger partial charge in [0.2, 0.25) is 10.0 Å². The summed E-state index contributed by atoms with van der Waals surface area (Å²) in [7, 11) is -3.06. The molecule has 2 aliphatic heterocycles. The molecule has 26 heavy (non-hydrogen) atoms. The van der Waals surface area contributed by atoms with Gasteiger partial charge in [-0.05, 0) is 37.8 Å². The van der Waals surface area contributed by atoms with Gasteiger partial charge in [-0.2, -0.15) is 0 Å². The third-order valence-electron chi connectivity index (χ3n) is 5.35. The topological polar surface area (TPSA) is 53.1 Å². The molecule has 0 N–H and O–H groups in total. The second-order valence-corrected chi connectivity index (χ2v) is 9.30. The van der Waals surface area contributed by atoms with Gasteiger partial charge in [0.1, 0.15) is 5.75 Å². The molecule has 1 atom stereocenters. The fraction of sp³-hybridized carbons (Fsp3) is 0.684. The minimum Gasteiger partial charge on any atom is -0.492 e. The molecule has 1 aromatic rings. The Morgan fingerprint density at radius 1 is 1.12 bits per heavy atom. The van der Waals surface area contributed by atoms with Crippen molar-refractivity contribution in [3.05, 3.63) is 24.3 Å². The van der Waals surface area contributed by atoms with E-state index in [0.29, 0.717) is 25.6 Å². The fourth-order valence-electron chi connectivity index (χ4n) is 4.01. The summed E-state index contributed by atoms with van der Waals surface area (Å²) in [6.07, 6.45) is 3.42. The zero-order valence-electron chi connectivity index (χ0n) is 15.9. The Balaban J connectivity index is 1.53. The van der Waals surface area contributed by atoms with Gasteiger partial charge in [0.25, 0.3) is 0 Å². The molecule has 6 nitrogen and oxygen atoms in total. The van der Waals surface area contributed by atoms with Crippen LogP contribution in [-0.2, 0) is 10.0 Å². The number of piperazine rings is 1. The summed E-state index contributed by atoms with van der Waals surface area (Å²) in [6, 6.07) is 8.24. The van der Waals surface area contributed by atoms with Crippen LogP contribution < -0.4 is 9.64 Å². The number of hydrogen-bond acceptors (Lipinski definition) is 5. The summed E-state index contributed by atoms with van der Waals surface area (Å²) in [4.78, 5) is 4.88. The summed E-state index contributed by atoms with van der Waals surface area (Å²) < 4.78 is 31.0. The molecular weight excluding hydrogens is 350 g/mol. The van der Waals surface area contributed by atoms with Gasteiger partial charge in [-0.3, -0.25) is 4.90 Å². The van der Waals surface area contributed by atoms with Crippen LogP contribution in [0.4, 0.5) is 5.69 Å². The van der Waals surface area contributed by atoms with Gasteiger partial charge < -0.3 is 9.64 Å². The van der Waals surface area contributed by atoms with E-state index >= 15 is 0 Å². The molecule has 0 radical (unpaired) electrons. The van der Waals surface area contributed by atoms with E-state index in [0.717, 1.165) is 51.3 Å². The summed E-state index contributed by atoms with van der Waals surface area (Å²) in [5, 5.41) is 0. The first-order valence-electron chi connectivity index (χ1n) is 9.61. The van der Waals surface area contributed by atoms with E-state index in [2.05, 4.69) is 21.9 Å². The zero-order chi connectivity index (χ0) is 18.6. The summed E-state index contributed by atoms with van der Waals surface area (Å²) in [5.41, 5.74) is 1.18. The lowest BCUT2D eigenvalue weighted by Crippen LogP contribution is -2.50. The molecule has 7 heteroatoms. The highest BCUT2D eigenvalue weighted by Crippen LogP contribution is 2.29. The maximum absolute atomic E-state index is 11.8. The fourth-order valence-corrected chi connectivity index (χ4v) is 4.95. The number of benzene rings is 1. The van der Waals surface area contributed by atoms with Crippen LogP contribution in [0.3, 0.4) is 0 Å². The Hall–Kier alpha value is -1.31. The van der Waals surface area contributed by atoms with Crippen LogP contribution in [0.15, 0.2) is 24.3 Å². The summed E-state index contributed by atoms with van der Waals surface area (Å²) in [5.74, 6) is 1.40. The third kappa shape index (κ3) is 4.90. The second kappa shape index (κ2) is 8.59. The summed E-state index contributed by atoms with van der Waals surface area (Å²) in [6.45, 7) is 9.01. The minimum absolute atomic E-state index is 0.445. The highest BCUT2D eigenvalue weighted by atomic mass is 32.2. The quantitative estimate of drug-likeness (QED) is 0.753. The van der Waals surface area contributed by atoms with Crippen molar-refractivity contribution in [2.75, 3.05) is 63.6 Å². The Labute approximate surface area is 157 Å². The number of sulfonamides is 1. The minimum atomic E-state index is -3.06. The van der Waals surface area contributed by atoms with Crippen LogP contribution >= 0.6 is 0 Å². The lowest BCUT2D eigenvalue weighted by molar-refractivity contribution is 0.172. The lowest BCUT2D eigenvalue weighted by Gasteiger charge is -2.39. The van der Waals surface area contributed by atoms with E-state index < -0.39 is 10.0 Å². The van der Waals surface area contributed by atoms with Crippen molar-refractivity contribution >= 4 is 15.7 Å². The van der Waals surface area contributed by atoms with Gasteiger partial charge in [-0.25, -0.2) is 12.7 Å². The first kappa shape index (κ1) is 19.5. The highest BCUT2D eigenvalue weighted by Gasteiger charge is 2.28. The number of para-hydroxylation sites is 2. The van der Waals surface area contributed by atoms with Gasteiger partial charge >= 0.3 is 0 Å². The molecular formula is C19H31N3O3S. The van der Waals surface area contributed by atoms with Crippen LogP contribution in [0.5, 0.6) is 5.75 Å². The van der Waals surface area contributed by atoms with Crippen LogP contribution in [-0.4, -0.2) is 76.3 Å². The molecule has 0 spiro atoms. The molecule has 2 aliphatic rings. The lowest BCUT2D eigenvalue weighted by atomic mass is 9.98. The molecule has 0 aromatic heterocycles. The van der Waals surface area contributed by atoms with Gasteiger partial charge in [-0.15, -0.1) is 0 Å². The standard InChI is InChI=1S/C19H31N3O3S/c1-3-25-19-9-5-4-8-18(19)21-13-11-20(12-14-21)15-17-7-6-10-22(16-17)26(2,23)24/h4-5,8-9,17H,3,6-7,10-16H2,1-2H3.